The molecule has 1 saturated heterocycles. The van der Waals surface area contributed by atoms with E-state index in [0.717, 1.165) is 24.5 Å². The molecule has 0 aromatic heterocycles. The van der Waals surface area contributed by atoms with E-state index in [1.807, 2.05) is 25.7 Å². The summed E-state index contributed by atoms with van der Waals surface area (Å²) in [6.45, 7) is 4.01. The minimum absolute atomic E-state index is 0.102. The van der Waals surface area contributed by atoms with Crippen molar-refractivity contribution >= 4 is 22.0 Å². The van der Waals surface area contributed by atoms with E-state index < -0.39 is 10.2 Å². The van der Waals surface area contributed by atoms with Crippen LogP contribution in [0.5, 0.6) is 0 Å². The topological polar surface area (TPSA) is 52.7 Å². The molecule has 1 heterocycles. The smallest absolute Gasteiger partial charge is 0.282 e. The molecule has 1 atom stereocenters. The van der Waals surface area contributed by atoms with E-state index in [0.29, 0.717) is 13.1 Å². The predicted molar refractivity (Wildman–Crippen MR) is 73.6 cm³/mol. The number of hydrogen-bond acceptors (Lipinski definition) is 4. The summed E-state index contributed by atoms with van der Waals surface area (Å²) in [6, 6.07) is 0.102. The molecule has 1 aliphatic heterocycles. The minimum Gasteiger partial charge on any atom is -0.320 e. The molecule has 0 spiro atoms. The Kier molecular flexibility index (Phi) is 6.22. The highest BCUT2D eigenvalue weighted by molar-refractivity contribution is 7.99. The average Bonchev–Trinajstić information content (AvgIpc) is 2.29. The average molecular weight is 281 g/mol. The second kappa shape index (κ2) is 6.94. The van der Waals surface area contributed by atoms with Crippen molar-refractivity contribution in [2.75, 3.05) is 45.2 Å². The van der Waals surface area contributed by atoms with Crippen LogP contribution in [0.2, 0.25) is 0 Å². The SMILES string of the molecule is CNCCCN(C)S(=O)(=O)N1CCSCC1C. The van der Waals surface area contributed by atoms with Crippen LogP contribution in [0.3, 0.4) is 0 Å². The van der Waals surface area contributed by atoms with Gasteiger partial charge in [0, 0.05) is 37.7 Å². The first-order valence-corrected chi connectivity index (χ1v) is 8.50. The summed E-state index contributed by atoms with van der Waals surface area (Å²) in [5.41, 5.74) is 0. The number of nitrogens with zero attached hydrogens (tertiary/aromatic N) is 2. The number of nitrogens with one attached hydrogen (secondary N) is 1. The summed E-state index contributed by atoms with van der Waals surface area (Å²) in [5.74, 6) is 1.79. The van der Waals surface area contributed by atoms with Crippen molar-refractivity contribution < 1.29 is 8.42 Å². The monoisotopic (exact) mass is 281 g/mol. The van der Waals surface area contributed by atoms with Gasteiger partial charge in [0.25, 0.3) is 10.2 Å². The van der Waals surface area contributed by atoms with Crippen LogP contribution in [0.15, 0.2) is 0 Å². The summed E-state index contributed by atoms with van der Waals surface area (Å²) < 4.78 is 27.7. The van der Waals surface area contributed by atoms with E-state index in [1.54, 1.807) is 11.4 Å². The molecule has 0 aromatic carbocycles. The standard InChI is InChI=1S/C10H23N3O2S2/c1-10-9-16-8-7-13(10)17(14,15)12(3)6-4-5-11-2/h10-11H,4-9H2,1-3H3. The third kappa shape index (κ3) is 4.10. The first kappa shape index (κ1) is 15.2. The summed E-state index contributed by atoms with van der Waals surface area (Å²) in [7, 11) is 0.273. The van der Waals surface area contributed by atoms with E-state index in [1.165, 1.54) is 4.31 Å². The van der Waals surface area contributed by atoms with Crippen LogP contribution in [0.25, 0.3) is 0 Å². The summed E-state index contributed by atoms with van der Waals surface area (Å²) >= 11 is 1.82. The van der Waals surface area contributed by atoms with Gasteiger partial charge in [0.2, 0.25) is 0 Å². The first-order chi connectivity index (χ1) is 8.00. The Morgan fingerprint density at radius 2 is 2.24 bits per heavy atom. The van der Waals surface area contributed by atoms with Crippen LogP contribution in [0.1, 0.15) is 13.3 Å². The molecule has 1 fully saturated rings. The number of hydrogen-bond donors (Lipinski definition) is 1. The lowest BCUT2D eigenvalue weighted by atomic mass is 10.4. The van der Waals surface area contributed by atoms with Gasteiger partial charge in [-0.05, 0) is 26.9 Å². The highest BCUT2D eigenvalue weighted by Crippen LogP contribution is 2.20. The van der Waals surface area contributed by atoms with Gasteiger partial charge in [-0.25, -0.2) is 0 Å². The van der Waals surface area contributed by atoms with Crippen molar-refractivity contribution in [1.82, 2.24) is 13.9 Å². The second-order valence-corrected chi connectivity index (χ2v) is 7.46. The van der Waals surface area contributed by atoms with Crippen LogP contribution >= 0.6 is 11.8 Å². The highest BCUT2D eigenvalue weighted by atomic mass is 32.2. The molecule has 1 aliphatic rings. The van der Waals surface area contributed by atoms with E-state index in [4.69, 9.17) is 0 Å². The van der Waals surface area contributed by atoms with Crippen LogP contribution < -0.4 is 5.32 Å². The molecule has 0 aliphatic carbocycles. The van der Waals surface area contributed by atoms with E-state index in [-0.39, 0.29) is 6.04 Å². The van der Waals surface area contributed by atoms with Crippen LogP contribution in [-0.4, -0.2) is 68.3 Å². The van der Waals surface area contributed by atoms with Gasteiger partial charge < -0.3 is 5.32 Å². The molecule has 5 nitrogen and oxygen atoms in total. The molecule has 0 aromatic rings. The van der Waals surface area contributed by atoms with Gasteiger partial charge in [0.1, 0.15) is 0 Å². The molecule has 1 unspecified atom stereocenters. The molecule has 1 N–H and O–H groups in total. The molecular formula is C10H23N3O2S2. The van der Waals surface area contributed by atoms with Gasteiger partial charge >= 0.3 is 0 Å². The molecule has 0 bridgehead atoms. The third-order valence-corrected chi connectivity index (χ3v) is 6.19. The second-order valence-electron chi connectivity index (χ2n) is 4.32. The summed E-state index contributed by atoms with van der Waals surface area (Å²) in [4.78, 5) is 0. The predicted octanol–water partition coefficient (Wildman–Crippen LogP) is 0.210. The molecule has 17 heavy (non-hydrogen) atoms. The lowest BCUT2D eigenvalue weighted by Gasteiger charge is -2.34. The van der Waals surface area contributed by atoms with Gasteiger partial charge in [-0.1, -0.05) is 0 Å². The fourth-order valence-electron chi connectivity index (χ4n) is 1.83. The fraction of sp³-hybridized carbons (Fsp3) is 1.00. The number of rotatable bonds is 6. The molecular weight excluding hydrogens is 258 g/mol. The lowest BCUT2D eigenvalue weighted by Crippen LogP contribution is -2.50. The lowest BCUT2D eigenvalue weighted by molar-refractivity contribution is 0.326. The van der Waals surface area contributed by atoms with Crippen LogP contribution in [0, 0.1) is 0 Å². The van der Waals surface area contributed by atoms with Crippen LogP contribution in [0.4, 0.5) is 0 Å². The van der Waals surface area contributed by atoms with Gasteiger partial charge in [0.15, 0.2) is 0 Å². The highest BCUT2D eigenvalue weighted by Gasteiger charge is 2.32. The van der Waals surface area contributed by atoms with Crippen molar-refractivity contribution in [2.24, 2.45) is 0 Å². The van der Waals surface area contributed by atoms with Crippen molar-refractivity contribution in [2.45, 2.75) is 19.4 Å². The maximum absolute atomic E-state index is 12.3. The third-order valence-electron chi connectivity index (χ3n) is 2.90. The van der Waals surface area contributed by atoms with Gasteiger partial charge in [-0.15, -0.1) is 0 Å². The zero-order chi connectivity index (χ0) is 12.9. The molecule has 0 saturated carbocycles. The van der Waals surface area contributed by atoms with Gasteiger partial charge in [0.05, 0.1) is 0 Å². The Balaban J connectivity index is 2.59. The maximum atomic E-state index is 12.3. The minimum atomic E-state index is -3.27. The van der Waals surface area contributed by atoms with Crippen molar-refractivity contribution in [1.29, 1.82) is 0 Å². The quantitative estimate of drug-likeness (QED) is 0.707. The van der Waals surface area contributed by atoms with Gasteiger partial charge in [-0.2, -0.15) is 28.8 Å². The molecule has 1 rings (SSSR count). The Bertz CT molecular complexity index is 322. The van der Waals surface area contributed by atoms with Crippen molar-refractivity contribution in [3.8, 4) is 0 Å². The largest absolute Gasteiger partial charge is 0.320 e. The zero-order valence-electron chi connectivity index (χ0n) is 10.8. The first-order valence-electron chi connectivity index (χ1n) is 5.95. The number of thioether (sulfide) groups is 1. The zero-order valence-corrected chi connectivity index (χ0v) is 12.5. The summed E-state index contributed by atoms with van der Waals surface area (Å²) in [5, 5.41) is 3.02. The Hall–Kier alpha value is 0.180. The van der Waals surface area contributed by atoms with Crippen LogP contribution in [-0.2, 0) is 10.2 Å². The van der Waals surface area contributed by atoms with E-state index in [2.05, 4.69) is 5.32 Å². The molecule has 0 radical (unpaired) electrons. The van der Waals surface area contributed by atoms with Crippen molar-refractivity contribution in [3.05, 3.63) is 0 Å². The van der Waals surface area contributed by atoms with E-state index in [9.17, 15) is 8.42 Å². The van der Waals surface area contributed by atoms with Crippen molar-refractivity contribution in [3.63, 3.8) is 0 Å². The fourth-order valence-corrected chi connectivity index (χ4v) is 4.62. The van der Waals surface area contributed by atoms with E-state index >= 15 is 0 Å². The maximum Gasteiger partial charge on any atom is 0.282 e. The Labute approximate surface area is 109 Å². The normalized spacial score (nSPS) is 23.2. The van der Waals surface area contributed by atoms with Gasteiger partial charge in [-0.3, -0.25) is 0 Å². The molecule has 7 heteroatoms. The Morgan fingerprint density at radius 3 is 2.82 bits per heavy atom. The molecule has 102 valence electrons. The summed E-state index contributed by atoms with van der Waals surface area (Å²) in [6.07, 6.45) is 0.837. The Morgan fingerprint density at radius 1 is 1.53 bits per heavy atom. The molecule has 0 amide bonds.